The minimum atomic E-state index is -0.365. The smallest absolute Gasteiger partial charge is 0.277 e. The molecule has 0 bridgehead atoms. The van der Waals surface area contributed by atoms with E-state index < -0.39 is 0 Å². The van der Waals surface area contributed by atoms with Crippen molar-refractivity contribution in [2.75, 3.05) is 12.5 Å². The minimum absolute atomic E-state index is 0.0891. The Labute approximate surface area is 190 Å². The molecule has 0 aliphatic carbocycles. The summed E-state index contributed by atoms with van der Waals surface area (Å²) >= 11 is 2.66. The van der Waals surface area contributed by atoms with Crippen molar-refractivity contribution in [1.82, 2.24) is 15.5 Å². The van der Waals surface area contributed by atoms with Crippen molar-refractivity contribution in [2.45, 2.75) is 11.3 Å². The third-order valence-corrected chi connectivity index (χ3v) is 6.44. The van der Waals surface area contributed by atoms with Crippen molar-refractivity contribution >= 4 is 29.0 Å². The van der Waals surface area contributed by atoms with Crippen LogP contribution in [0.4, 0.5) is 4.39 Å². The molecule has 2 aromatic carbocycles. The molecule has 3 heterocycles. The molecule has 0 saturated heterocycles. The monoisotopic (exact) mass is 469 g/mol. The molecule has 2 aromatic heterocycles. The number of benzene rings is 2. The van der Waals surface area contributed by atoms with Crippen LogP contribution in [0.3, 0.4) is 0 Å². The van der Waals surface area contributed by atoms with Crippen LogP contribution in [0.5, 0.6) is 11.5 Å². The van der Waals surface area contributed by atoms with Crippen LogP contribution in [0.2, 0.25) is 0 Å². The topological polar surface area (TPSA) is 86.5 Å². The van der Waals surface area contributed by atoms with Gasteiger partial charge in [0.2, 0.25) is 18.6 Å². The first-order valence-corrected chi connectivity index (χ1v) is 11.5. The zero-order valence-corrected chi connectivity index (χ0v) is 18.1. The zero-order chi connectivity index (χ0) is 21.9. The summed E-state index contributed by atoms with van der Waals surface area (Å²) in [5.74, 6) is 1.17. The van der Waals surface area contributed by atoms with Gasteiger partial charge in [-0.25, -0.2) is 4.39 Å². The Morgan fingerprint density at radius 2 is 1.97 bits per heavy atom. The van der Waals surface area contributed by atoms with E-state index in [0.717, 1.165) is 22.2 Å². The molecule has 1 atom stereocenters. The highest BCUT2D eigenvalue weighted by molar-refractivity contribution is 7.99. The molecule has 1 amide bonds. The van der Waals surface area contributed by atoms with Crippen molar-refractivity contribution in [3.05, 3.63) is 76.2 Å². The highest BCUT2D eigenvalue weighted by Gasteiger charge is 2.20. The Kier molecular flexibility index (Phi) is 5.78. The van der Waals surface area contributed by atoms with Gasteiger partial charge in [-0.2, -0.15) is 0 Å². The number of aromatic nitrogens is 2. The molecule has 32 heavy (non-hydrogen) atoms. The SMILES string of the molecule is O=C(CSc1nnc(-c2ccc3c(c2)OCO3)o1)N[C@H](c1ccc(F)cc1)c1cccs1. The number of fused-ring (bicyclic) bond motifs is 1. The third kappa shape index (κ3) is 4.46. The van der Waals surface area contributed by atoms with Crippen molar-refractivity contribution < 1.29 is 23.1 Å². The normalized spacial score (nSPS) is 13.2. The summed E-state index contributed by atoms with van der Waals surface area (Å²) in [4.78, 5) is 13.6. The molecule has 0 radical (unpaired) electrons. The van der Waals surface area contributed by atoms with Gasteiger partial charge in [0, 0.05) is 10.4 Å². The van der Waals surface area contributed by atoms with Gasteiger partial charge in [-0.3, -0.25) is 4.79 Å². The van der Waals surface area contributed by atoms with Gasteiger partial charge >= 0.3 is 0 Å². The number of nitrogens with one attached hydrogen (secondary N) is 1. The molecule has 10 heteroatoms. The molecule has 1 aliphatic heterocycles. The fraction of sp³-hybridized carbons (Fsp3) is 0.136. The summed E-state index contributed by atoms with van der Waals surface area (Å²) in [5, 5.41) is 13.3. The number of thiophene rings is 1. The summed E-state index contributed by atoms with van der Waals surface area (Å²) in [6, 6.07) is 14.9. The Hall–Kier alpha value is -3.37. The first kappa shape index (κ1) is 20.5. The number of hydrogen-bond acceptors (Lipinski definition) is 8. The number of ether oxygens (including phenoxy) is 2. The van der Waals surface area contributed by atoms with E-state index in [9.17, 15) is 9.18 Å². The maximum Gasteiger partial charge on any atom is 0.277 e. The highest BCUT2D eigenvalue weighted by atomic mass is 32.2. The molecule has 0 unspecified atom stereocenters. The van der Waals surface area contributed by atoms with Crippen LogP contribution in [-0.4, -0.2) is 28.7 Å². The fourth-order valence-corrected chi connectivity index (χ4v) is 4.55. The van der Waals surface area contributed by atoms with Gasteiger partial charge in [0.05, 0.1) is 11.8 Å². The number of halogens is 1. The number of thioether (sulfide) groups is 1. The van der Waals surface area contributed by atoms with Gasteiger partial charge in [0.15, 0.2) is 11.5 Å². The first-order valence-electron chi connectivity index (χ1n) is 9.60. The van der Waals surface area contributed by atoms with Gasteiger partial charge in [0.1, 0.15) is 5.82 Å². The van der Waals surface area contributed by atoms with Gasteiger partial charge in [-0.05, 0) is 47.3 Å². The van der Waals surface area contributed by atoms with E-state index in [0.29, 0.717) is 23.0 Å². The maximum absolute atomic E-state index is 13.3. The predicted octanol–water partition coefficient (Wildman–Crippen LogP) is 4.66. The second-order valence-electron chi connectivity index (χ2n) is 6.80. The summed E-state index contributed by atoms with van der Waals surface area (Å²) in [5.41, 5.74) is 1.50. The lowest BCUT2D eigenvalue weighted by atomic mass is 10.1. The highest BCUT2D eigenvalue weighted by Crippen LogP contribution is 2.36. The van der Waals surface area contributed by atoms with E-state index in [1.54, 1.807) is 30.3 Å². The Balaban J connectivity index is 1.24. The Bertz CT molecular complexity index is 1230. The molecule has 7 nitrogen and oxygen atoms in total. The van der Waals surface area contributed by atoms with Gasteiger partial charge in [0.25, 0.3) is 5.22 Å². The Morgan fingerprint density at radius 1 is 1.12 bits per heavy atom. The van der Waals surface area contributed by atoms with E-state index in [-0.39, 0.29) is 35.5 Å². The molecular formula is C22H16FN3O4S2. The second kappa shape index (κ2) is 9.01. The quantitative estimate of drug-likeness (QED) is 0.394. The summed E-state index contributed by atoms with van der Waals surface area (Å²) in [7, 11) is 0. The maximum atomic E-state index is 13.3. The largest absolute Gasteiger partial charge is 0.454 e. The average molecular weight is 470 g/mol. The second-order valence-corrected chi connectivity index (χ2v) is 8.70. The van der Waals surface area contributed by atoms with Crippen molar-refractivity contribution in [3.63, 3.8) is 0 Å². The van der Waals surface area contributed by atoms with E-state index in [2.05, 4.69) is 15.5 Å². The number of amides is 1. The fourth-order valence-electron chi connectivity index (χ4n) is 3.17. The first-order chi connectivity index (χ1) is 15.7. The van der Waals surface area contributed by atoms with Crippen LogP contribution < -0.4 is 14.8 Å². The molecule has 0 saturated carbocycles. The minimum Gasteiger partial charge on any atom is -0.454 e. The van der Waals surface area contributed by atoms with Crippen LogP contribution in [0.25, 0.3) is 11.5 Å². The van der Waals surface area contributed by atoms with Crippen LogP contribution in [0.1, 0.15) is 16.5 Å². The lowest BCUT2D eigenvalue weighted by Gasteiger charge is -2.18. The van der Waals surface area contributed by atoms with E-state index >= 15 is 0 Å². The molecular weight excluding hydrogens is 453 g/mol. The van der Waals surface area contributed by atoms with E-state index in [4.69, 9.17) is 13.9 Å². The molecule has 5 rings (SSSR count). The standard InChI is InChI=1S/C22H16FN3O4S2/c23-15-6-3-13(4-7-15)20(18-2-1-9-31-18)24-19(27)11-32-22-26-25-21(30-22)14-5-8-16-17(10-14)29-12-28-16/h1-10,20H,11-12H2,(H,24,27)/t20-/m1/s1. The van der Waals surface area contributed by atoms with Crippen LogP contribution in [-0.2, 0) is 4.79 Å². The van der Waals surface area contributed by atoms with Crippen molar-refractivity contribution in [3.8, 4) is 23.0 Å². The summed E-state index contributed by atoms with van der Waals surface area (Å²) < 4.78 is 29.7. The van der Waals surface area contributed by atoms with E-state index in [1.807, 2.05) is 17.5 Å². The van der Waals surface area contributed by atoms with Gasteiger partial charge < -0.3 is 19.2 Å². The number of hydrogen-bond donors (Lipinski definition) is 1. The molecule has 162 valence electrons. The number of rotatable bonds is 7. The van der Waals surface area contributed by atoms with Crippen molar-refractivity contribution in [1.29, 1.82) is 0 Å². The number of carbonyl (C=O) groups is 1. The number of carbonyl (C=O) groups excluding carboxylic acids is 1. The van der Waals surface area contributed by atoms with Gasteiger partial charge in [-0.15, -0.1) is 21.5 Å². The Morgan fingerprint density at radius 3 is 2.78 bits per heavy atom. The number of nitrogens with zero attached hydrogens (tertiary/aromatic N) is 2. The molecule has 4 aromatic rings. The molecule has 0 fully saturated rings. The average Bonchev–Trinajstić information content (AvgIpc) is 3.58. The van der Waals surface area contributed by atoms with Crippen LogP contribution in [0.15, 0.2) is 69.6 Å². The lowest BCUT2D eigenvalue weighted by molar-refractivity contribution is -0.119. The molecule has 1 N–H and O–H groups in total. The third-order valence-electron chi connectivity index (χ3n) is 4.69. The van der Waals surface area contributed by atoms with Crippen molar-refractivity contribution in [2.24, 2.45) is 0 Å². The molecule has 1 aliphatic rings. The van der Waals surface area contributed by atoms with Crippen LogP contribution >= 0.6 is 23.1 Å². The predicted molar refractivity (Wildman–Crippen MR) is 117 cm³/mol. The summed E-state index contributed by atoms with van der Waals surface area (Å²) in [6.07, 6.45) is 0. The van der Waals surface area contributed by atoms with Gasteiger partial charge in [-0.1, -0.05) is 30.0 Å². The zero-order valence-electron chi connectivity index (χ0n) is 16.5. The van der Waals surface area contributed by atoms with E-state index in [1.165, 1.54) is 23.5 Å². The lowest BCUT2D eigenvalue weighted by Crippen LogP contribution is -2.30. The summed E-state index contributed by atoms with van der Waals surface area (Å²) in [6.45, 7) is 0.184. The molecule has 0 spiro atoms. The van der Waals surface area contributed by atoms with Crippen LogP contribution in [0, 0.1) is 5.82 Å².